The Morgan fingerprint density at radius 1 is 1.58 bits per heavy atom. The van der Waals surface area contributed by atoms with Crippen molar-refractivity contribution in [1.29, 1.82) is 0 Å². The molecule has 0 aliphatic rings. The molecule has 66 valence electrons. The molecule has 0 saturated heterocycles. The van der Waals surface area contributed by atoms with Gasteiger partial charge in [0, 0.05) is 4.47 Å². The molecule has 0 unspecified atom stereocenters. The van der Waals surface area contributed by atoms with Crippen LogP contribution in [0.1, 0.15) is 11.6 Å². The maximum Gasteiger partial charge on any atom is 0.0624 e. The van der Waals surface area contributed by atoms with Gasteiger partial charge in [0.25, 0.3) is 0 Å². The van der Waals surface area contributed by atoms with Gasteiger partial charge < -0.3 is 10.8 Å². The number of benzene rings is 1. The van der Waals surface area contributed by atoms with E-state index in [2.05, 4.69) is 15.9 Å². The smallest absolute Gasteiger partial charge is 0.0624 e. The van der Waals surface area contributed by atoms with Crippen LogP contribution >= 0.6 is 27.5 Å². The minimum atomic E-state index is -0.335. The molecule has 12 heavy (non-hydrogen) atoms. The average molecular weight is 251 g/mol. The molecule has 0 saturated carbocycles. The fourth-order valence-corrected chi connectivity index (χ4v) is 1.36. The van der Waals surface area contributed by atoms with Crippen LogP contribution in [0, 0.1) is 0 Å². The predicted molar refractivity (Wildman–Crippen MR) is 53.2 cm³/mol. The fourth-order valence-electron chi connectivity index (χ4n) is 0.848. The van der Waals surface area contributed by atoms with Crippen molar-refractivity contribution in [3.8, 4) is 0 Å². The van der Waals surface area contributed by atoms with Gasteiger partial charge in [-0.05, 0) is 33.6 Å². The van der Waals surface area contributed by atoms with Crippen molar-refractivity contribution in [3.05, 3.63) is 33.3 Å². The zero-order valence-corrected chi connectivity index (χ0v) is 8.64. The first-order chi connectivity index (χ1) is 5.65. The number of aliphatic hydroxyl groups is 1. The normalized spacial score (nSPS) is 13.0. The third kappa shape index (κ3) is 2.20. The third-order valence-electron chi connectivity index (χ3n) is 1.57. The standard InChI is InChI=1S/C8H9BrClNO/c9-6-3-5(8(11)4-12)1-2-7(6)10/h1-3,8,12H,4,11H2/t8-/m1/s1. The fraction of sp³-hybridized carbons (Fsp3) is 0.250. The van der Waals surface area contributed by atoms with Crippen LogP contribution in [-0.2, 0) is 0 Å². The van der Waals surface area contributed by atoms with Crippen LogP contribution in [-0.4, -0.2) is 11.7 Å². The average Bonchev–Trinajstić information content (AvgIpc) is 2.08. The number of hydrogen-bond acceptors (Lipinski definition) is 2. The van der Waals surface area contributed by atoms with E-state index in [-0.39, 0.29) is 12.6 Å². The molecule has 0 heterocycles. The van der Waals surface area contributed by atoms with Gasteiger partial charge in [-0.1, -0.05) is 17.7 Å². The van der Waals surface area contributed by atoms with E-state index in [9.17, 15) is 0 Å². The van der Waals surface area contributed by atoms with Gasteiger partial charge in [0.2, 0.25) is 0 Å². The van der Waals surface area contributed by atoms with Gasteiger partial charge in [-0.2, -0.15) is 0 Å². The SMILES string of the molecule is N[C@H](CO)c1ccc(Cl)c(Br)c1. The first-order valence-electron chi connectivity index (χ1n) is 3.46. The quantitative estimate of drug-likeness (QED) is 0.844. The number of halogens is 2. The van der Waals surface area contributed by atoms with E-state index in [1.807, 2.05) is 6.07 Å². The van der Waals surface area contributed by atoms with E-state index >= 15 is 0 Å². The van der Waals surface area contributed by atoms with Crippen LogP contribution in [0.3, 0.4) is 0 Å². The number of rotatable bonds is 2. The summed E-state index contributed by atoms with van der Waals surface area (Å²) < 4.78 is 0.797. The highest BCUT2D eigenvalue weighted by Gasteiger charge is 2.05. The lowest BCUT2D eigenvalue weighted by molar-refractivity contribution is 0.268. The lowest BCUT2D eigenvalue weighted by Crippen LogP contribution is -2.14. The van der Waals surface area contributed by atoms with Crippen molar-refractivity contribution >= 4 is 27.5 Å². The predicted octanol–water partition coefficient (Wildman–Crippen LogP) is 2.09. The van der Waals surface area contributed by atoms with Crippen LogP contribution in [0.2, 0.25) is 5.02 Å². The van der Waals surface area contributed by atoms with Gasteiger partial charge in [-0.3, -0.25) is 0 Å². The monoisotopic (exact) mass is 249 g/mol. The largest absolute Gasteiger partial charge is 0.394 e. The summed E-state index contributed by atoms with van der Waals surface area (Å²) in [6.45, 7) is -0.0614. The molecule has 0 bridgehead atoms. The second-order valence-electron chi connectivity index (χ2n) is 2.46. The molecule has 1 rings (SSSR count). The first kappa shape index (κ1) is 9.99. The van der Waals surface area contributed by atoms with Crippen molar-refractivity contribution in [1.82, 2.24) is 0 Å². The third-order valence-corrected chi connectivity index (χ3v) is 2.78. The van der Waals surface area contributed by atoms with Gasteiger partial charge >= 0.3 is 0 Å². The molecule has 0 spiro atoms. The van der Waals surface area contributed by atoms with Gasteiger partial charge in [0.1, 0.15) is 0 Å². The van der Waals surface area contributed by atoms with Gasteiger partial charge in [-0.15, -0.1) is 0 Å². The Balaban J connectivity index is 2.96. The van der Waals surface area contributed by atoms with Crippen molar-refractivity contribution in [2.45, 2.75) is 6.04 Å². The Kier molecular flexibility index (Phi) is 3.53. The van der Waals surface area contributed by atoms with Crippen molar-refractivity contribution in [2.24, 2.45) is 5.73 Å². The van der Waals surface area contributed by atoms with Crippen LogP contribution in [0.5, 0.6) is 0 Å². The van der Waals surface area contributed by atoms with Gasteiger partial charge in [0.05, 0.1) is 17.7 Å². The molecule has 0 aromatic heterocycles. The van der Waals surface area contributed by atoms with Crippen LogP contribution in [0.4, 0.5) is 0 Å². The molecule has 2 nitrogen and oxygen atoms in total. The van der Waals surface area contributed by atoms with Crippen molar-refractivity contribution < 1.29 is 5.11 Å². The Hall–Kier alpha value is -0.0900. The summed E-state index contributed by atoms with van der Waals surface area (Å²) in [6, 6.07) is 5.02. The highest BCUT2D eigenvalue weighted by molar-refractivity contribution is 9.10. The maximum absolute atomic E-state index is 8.78. The van der Waals surface area contributed by atoms with E-state index in [4.69, 9.17) is 22.4 Å². The highest BCUT2D eigenvalue weighted by atomic mass is 79.9. The second-order valence-corrected chi connectivity index (χ2v) is 3.72. The van der Waals surface area contributed by atoms with Crippen LogP contribution in [0.15, 0.2) is 22.7 Å². The van der Waals surface area contributed by atoms with Gasteiger partial charge in [-0.25, -0.2) is 0 Å². The zero-order chi connectivity index (χ0) is 9.14. The molecular formula is C8H9BrClNO. The molecule has 0 radical (unpaired) electrons. The molecule has 0 aliphatic carbocycles. The molecule has 1 aromatic carbocycles. The van der Waals surface area contributed by atoms with E-state index < -0.39 is 0 Å². The molecule has 1 aromatic rings. The zero-order valence-electron chi connectivity index (χ0n) is 6.30. The van der Waals surface area contributed by atoms with Crippen LogP contribution < -0.4 is 5.73 Å². The summed E-state index contributed by atoms with van der Waals surface area (Å²) >= 11 is 9.05. The first-order valence-corrected chi connectivity index (χ1v) is 4.63. The molecule has 0 fully saturated rings. The van der Waals surface area contributed by atoms with E-state index in [0.717, 1.165) is 10.0 Å². The molecule has 4 heteroatoms. The topological polar surface area (TPSA) is 46.2 Å². The highest BCUT2D eigenvalue weighted by Crippen LogP contribution is 2.25. The van der Waals surface area contributed by atoms with Crippen molar-refractivity contribution in [3.63, 3.8) is 0 Å². The summed E-state index contributed by atoms with van der Waals surface area (Å²) in [6.07, 6.45) is 0. The molecule has 0 aliphatic heterocycles. The Bertz CT molecular complexity index is 280. The molecule has 1 atom stereocenters. The number of hydrogen-bond donors (Lipinski definition) is 2. The molecule has 0 amide bonds. The summed E-state index contributed by atoms with van der Waals surface area (Å²) in [4.78, 5) is 0. The molecular weight excluding hydrogens is 241 g/mol. The van der Waals surface area contributed by atoms with E-state index in [1.165, 1.54) is 0 Å². The maximum atomic E-state index is 8.78. The van der Waals surface area contributed by atoms with Crippen LogP contribution in [0.25, 0.3) is 0 Å². The summed E-state index contributed by atoms with van der Waals surface area (Å²) in [5.74, 6) is 0. The lowest BCUT2D eigenvalue weighted by Gasteiger charge is -2.08. The summed E-state index contributed by atoms with van der Waals surface area (Å²) in [7, 11) is 0. The van der Waals surface area contributed by atoms with E-state index in [0.29, 0.717) is 5.02 Å². The van der Waals surface area contributed by atoms with Gasteiger partial charge in [0.15, 0.2) is 0 Å². The molecule has 3 N–H and O–H groups in total. The minimum absolute atomic E-state index is 0.0614. The van der Waals surface area contributed by atoms with Crippen molar-refractivity contribution in [2.75, 3.05) is 6.61 Å². The Labute approximate surface area is 84.5 Å². The Morgan fingerprint density at radius 2 is 2.25 bits per heavy atom. The minimum Gasteiger partial charge on any atom is -0.394 e. The lowest BCUT2D eigenvalue weighted by atomic mass is 10.1. The summed E-state index contributed by atoms with van der Waals surface area (Å²) in [5.41, 5.74) is 6.47. The van der Waals surface area contributed by atoms with E-state index in [1.54, 1.807) is 12.1 Å². The number of nitrogens with two attached hydrogens (primary N) is 1. The summed E-state index contributed by atoms with van der Waals surface area (Å²) in [5, 5.41) is 9.42. The number of aliphatic hydroxyl groups excluding tert-OH is 1. The Morgan fingerprint density at radius 3 is 2.75 bits per heavy atom. The second kappa shape index (κ2) is 4.23.